The molecule has 0 amide bonds. The zero-order chi connectivity index (χ0) is 14.5. The molecular weight excluding hydrogens is 264 g/mol. The Hall–Kier alpha value is -3.03. The van der Waals surface area contributed by atoms with Gasteiger partial charge in [0.1, 0.15) is 5.82 Å². The van der Waals surface area contributed by atoms with Crippen molar-refractivity contribution < 1.29 is 9.85 Å². The second-order valence-electron chi connectivity index (χ2n) is 3.94. The Labute approximate surface area is 113 Å². The number of nitrogens with one attached hydrogen (secondary N) is 1. The van der Waals surface area contributed by atoms with Crippen LogP contribution in [0.5, 0.6) is 0 Å². The first kappa shape index (κ1) is 13.4. The van der Waals surface area contributed by atoms with E-state index in [1.165, 1.54) is 30.5 Å². The third-order valence-electron chi connectivity index (χ3n) is 2.55. The van der Waals surface area contributed by atoms with Gasteiger partial charge < -0.3 is 5.32 Å². The summed E-state index contributed by atoms with van der Waals surface area (Å²) in [7, 11) is 0. The third-order valence-corrected chi connectivity index (χ3v) is 2.55. The summed E-state index contributed by atoms with van der Waals surface area (Å²) in [4.78, 5) is 24.2. The van der Waals surface area contributed by atoms with Crippen LogP contribution in [0.4, 0.5) is 17.2 Å². The molecule has 0 spiro atoms. The number of pyridine rings is 1. The number of hydrogen-bond donors (Lipinski definition) is 1. The van der Waals surface area contributed by atoms with Crippen LogP contribution < -0.4 is 5.32 Å². The zero-order valence-corrected chi connectivity index (χ0v) is 10.2. The van der Waals surface area contributed by atoms with Crippen molar-refractivity contribution in [1.29, 1.82) is 0 Å². The van der Waals surface area contributed by atoms with Crippen LogP contribution in [0.15, 0.2) is 42.6 Å². The van der Waals surface area contributed by atoms with Crippen molar-refractivity contribution in [2.75, 3.05) is 5.32 Å². The minimum absolute atomic E-state index is 0.00342. The molecule has 0 saturated carbocycles. The van der Waals surface area contributed by atoms with E-state index in [2.05, 4.69) is 10.3 Å². The molecule has 2 rings (SSSR count). The van der Waals surface area contributed by atoms with Gasteiger partial charge in [0.2, 0.25) is 0 Å². The van der Waals surface area contributed by atoms with Crippen molar-refractivity contribution in [2.24, 2.45) is 0 Å². The van der Waals surface area contributed by atoms with Gasteiger partial charge in [0.25, 0.3) is 11.4 Å². The van der Waals surface area contributed by atoms with E-state index < -0.39 is 9.85 Å². The fourth-order valence-corrected chi connectivity index (χ4v) is 1.60. The van der Waals surface area contributed by atoms with Gasteiger partial charge in [0, 0.05) is 30.9 Å². The van der Waals surface area contributed by atoms with Crippen molar-refractivity contribution in [3.8, 4) is 0 Å². The highest BCUT2D eigenvalue weighted by Crippen LogP contribution is 2.17. The van der Waals surface area contributed by atoms with Crippen LogP contribution in [-0.2, 0) is 6.54 Å². The lowest BCUT2D eigenvalue weighted by Crippen LogP contribution is -2.02. The molecule has 0 saturated heterocycles. The average molecular weight is 274 g/mol. The quantitative estimate of drug-likeness (QED) is 0.662. The van der Waals surface area contributed by atoms with Crippen LogP contribution in [0.2, 0.25) is 0 Å². The molecule has 102 valence electrons. The van der Waals surface area contributed by atoms with E-state index in [-0.39, 0.29) is 17.9 Å². The molecule has 0 radical (unpaired) electrons. The lowest BCUT2D eigenvalue weighted by Gasteiger charge is -2.05. The number of rotatable bonds is 5. The summed E-state index contributed by atoms with van der Waals surface area (Å²) < 4.78 is 0. The first-order chi connectivity index (χ1) is 9.56. The largest absolute Gasteiger partial charge is 0.366 e. The van der Waals surface area contributed by atoms with Gasteiger partial charge in [-0.25, -0.2) is 4.98 Å². The lowest BCUT2D eigenvalue weighted by atomic mass is 10.2. The van der Waals surface area contributed by atoms with Crippen molar-refractivity contribution in [3.05, 3.63) is 68.4 Å². The van der Waals surface area contributed by atoms with Gasteiger partial charge in [0.05, 0.1) is 15.9 Å². The number of nitro benzene ring substituents is 1. The summed E-state index contributed by atoms with van der Waals surface area (Å²) in [6.07, 6.45) is 1.33. The predicted molar refractivity (Wildman–Crippen MR) is 71.3 cm³/mol. The Bertz CT molecular complexity index is 602. The van der Waals surface area contributed by atoms with Crippen LogP contribution in [0.25, 0.3) is 0 Å². The fourth-order valence-electron chi connectivity index (χ4n) is 1.60. The van der Waals surface area contributed by atoms with E-state index in [1.54, 1.807) is 12.1 Å². The van der Waals surface area contributed by atoms with Gasteiger partial charge in [0.15, 0.2) is 0 Å². The van der Waals surface area contributed by atoms with E-state index in [1.807, 2.05) is 0 Å². The van der Waals surface area contributed by atoms with E-state index in [0.29, 0.717) is 11.4 Å². The van der Waals surface area contributed by atoms with Crippen LogP contribution in [0.1, 0.15) is 5.56 Å². The Morgan fingerprint density at radius 3 is 2.45 bits per heavy atom. The van der Waals surface area contributed by atoms with Gasteiger partial charge in [-0.2, -0.15) is 0 Å². The summed E-state index contributed by atoms with van der Waals surface area (Å²) >= 11 is 0. The molecule has 1 aromatic heterocycles. The number of nitro groups is 2. The number of anilines is 1. The SMILES string of the molecule is O=[N+]([O-])c1cccc(CNc2cc([N+](=O)[O-])ccn2)c1. The van der Waals surface area contributed by atoms with Crippen molar-refractivity contribution in [3.63, 3.8) is 0 Å². The van der Waals surface area contributed by atoms with E-state index >= 15 is 0 Å². The molecule has 0 aliphatic carbocycles. The number of aromatic nitrogens is 1. The Morgan fingerprint density at radius 1 is 1.05 bits per heavy atom. The molecule has 0 unspecified atom stereocenters. The fraction of sp³-hybridized carbons (Fsp3) is 0.0833. The summed E-state index contributed by atoms with van der Waals surface area (Å²) in [5.74, 6) is 0.339. The molecule has 0 aliphatic heterocycles. The molecule has 0 bridgehead atoms. The number of non-ortho nitro benzene ring substituents is 1. The van der Waals surface area contributed by atoms with Crippen LogP contribution >= 0.6 is 0 Å². The third kappa shape index (κ3) is 3.25. The van der Waals surface area contributed by atoms with Gasteiger partial charge in [-0.05, 0) is 5.56 Å². The summed E-state index contributed by atoms with van der Waals surface area (Å²) in [5, 5.41) is 24.2. The lowest BCUT2D eigenvalue weighted by molar-refractivity contribution is -0.385. The summed E-state index contributed by atoms with van der Waals surface area (Å²) in [6, 6.07) is 8.72. The molecule has 1 N–H and O–H groups in total. The van der Waals surface area contributed by atoms with Crippen LogP contribution in [0, 0.1) is 20.2 Å². The van der Waals surface area contributed by atoms with Crippen molar-refractivity contribution in [2.45, 2.75) is 6.54 Å². The standard InChI is InChI=1S/C12H10N4O4/c17-15(18)10-3-1-2-9(6-10)8-14-12-7-11(16(19)20)4-5-13-12/h1-7H,8H2,(H,13,14). The highest BCUT2D eigenvalue weighted by Gasteiger charge is 2.08. The average Bonchev–Trinajstić information content (AvgIpc) is 2.45. The zero-order valence-electron chi connectivity index (χ0n) is 10.2. The normalized spacial score (nSPS) is 10.0. The van der Waals surface area contributed by atoms with Gasteiger partial charge >= 0.3 is 0 Å². The minimum atomic E-state index is -0.514. The van der Waals surface area contributed by atoms with Crippen molar-refractivity contribution >= 4 is 17.2 Å². The monoisotopic (exact) mass is 274 g/mol. The molecule has 0 aliphatic rings. The molecule has 0 atom stereocenters. The minimum Gasteiger partial charge on any atom is -0.366 e. The van der Waals surface area contributed by atoms with Gasteiger partial charge in [-0.3, -0.25) is 20.2 Å². The molecule has 1 heterocycles. The topological polar surface area (TPSA) is 111 Å². The maximum absolute atomic E-state index is 10.6. The Morgan fingerprint density at radius 2 is 1.75 bits per heavy atom. The molecule has 8 nitrogen and oxygen atoms in total. The Balaban J connectivity index is 2.08. The highest BCUT2D eigenvalue weighted by atomic mass is 16.6. The van der Waals surface area contributed by atoms with E-state index in [9.17, 15) is 20.2 Å². The van der Waals surface area contributed by atoms with Crippen LogP contribution in [-0.4, -0.2) is 14.8 Å². The second kappa shape index (κ2) is 5.74. The van der Waals surface area contributed by atoms with Crippen molar-refractivity contribution in [1.82, 2.24) is 4.98 Å². The van der Waals surface area contributed by atoms with E-state index in [0.717, 1.165) is 0 Å². The predicted octanol–water partition coefficient (Wildman–Crippen LogP) is 2.51. The molecular formula is C12H10N4O4. The van der Waals surface area contributed by atoms with Gasteiger partial charge in [-0.1, -0.05) is 12.1 Å². The molecule has 2 aromatic rings. The number of hydrogen-bond acceptors (Lipinski definition) is 6. The number of benzene rings is 1. The van der Waals surface area contributed by atoms with Gasteiger partial charge in [-0.15, -0.1) is 0 Å². The molecule has 1 aromatic carbocycles. The van der Waals surface area contributed by atoms with Crippen LogP contribution in [0.3, 0.4) is 0 Å². The molecule has 0 fully saturated rings. The maximum Gasteiger partial charge on any atom is 0.274 e. The summed E-state index contributed by atoms with van der Waals surface area (Å²) in [5.41, 5.74) is 0.616. The number of nitrogens with zero attached hydrogens (tertiary/aromatic N) is 3. The summed E-state index contributed by atoms with van der Waals surface area (Å²) in [6.45, 7) is 0.288. The second-order valence-corrected chi connectivity index (χ2v) is 3.94. The molecule has 8 heteroatoms. The first-order valence-corrected chi connectivity index (χ1v) is 5.64. The van der Waals surface area contributed by atoms with E-state index in [4.69, 9.17) is 0 Å². The highest BCUT2D eigenvalue weighted by molar-refractivity contribution is 5.45. The smallest absolute Gasteiger partial charge is 0.274 e. The molecule has 20 heavy (non-hydrogen) atoms. The maximum atomic E-state index is 10.6. The Kier molecular flexibility index (Phi) is 3.85. The first-order valence-electron chi connectivity index (χ1n) is 5.64.